The van der Waals surface area contributed by atoms with Crippen LogP contribution in [0.2, 0.25) is 0 Å². The number of aromatic nitrogens is 1. The van der Waals surface area contributed by atoms with E-state index in [0.717, 1.165) is 35.8 Å². The van der Waals surface area contributed by atoms with Gasteiger partial charge in [-0.2, -0.15) is 0 Å². The van der Waals surface area contributed by atoms with Crippen LogP contribution in [-0.4, -0.2) is 24.1 Å². The molecule has 0 unspecified atom stereocenters. The monoisotopic (exact) mass is 342 g/mol. The van der Waals surface area contributed by atoms with Gasteiger partial charge in [-0.05, 0) is 37.1 Å². The Morgan fingerprint density at radius 3 is 2.67 bits per heavy atom. The number of rotatable bonds is 3. The zero-order valence-corrected chi connectivity index (χ0v) is 13.9. The lowest BCUT2D eigenvalue weighted by Crippen LogP contribution is -2.39. The molecule has 0 bridgehead atoms. The van der Waals surface area contributed by atoms with Crippen molar-refractivity contribution in [2.24, 2.45) is 0 Å². The minimum absolute atomic E-state index is 0.0221. The van der Waals surface area contributed by atoms with E-state index in [1.807, 2.05) is 12.1 Å². The van der Waals surface area contributed by atoms with Crippen molar-refractivity contribution in [2.75, 3.05) is 23.3 Å². The number of hydrogen-bond donors (Lipinski definition) is 1. The Kier molecular flexibility index (Phi) is 3.98. The average Bonchev–Trinajstić information content (AvgIpc) is 3.03. The van der Waals surface area contributed by atoms with Crippen LogP contribution in [0, 0.1) is 5.82 Å². The van der Waals surface area contributed by atoms with Crippen molar-refractivity contribution in [3.05, 3.63) is 48.3 Å². The standard InChI is InChI=1S/C18H17FN3OS/c19-13-4-1-2-5-14(13)20-12-8-10-22(11-9-12)18-21-17-15(23)6-3-7-16(17)24-18/h1-7,12,20H,8-11H2. The van der Waals surface area contributed by atoms with Gasteiger partial charge in [0.15, 0.2) is 5.13 Å². The van der Waals surface area contributed by atoms with E-state index in [2.05, 4.69) is 15.2 Å². The highest BCUT2D eigenvalue weighted by Crippen LogP contribution is 2.35. The predicted octanol–water partition coefficient (Wildman–Crippen LogP) is 4.66. The number of hydrogen-bond acceptors (Lipinski definition) is 4. The van der Waals surface area contributed by atoms with Gasteiger partial charge in [0.25, 0.3) is 0 Å². The molecule has 1 saturated heterocycles. The zero-order chi connectivity index (χ0) is 16.5. The van der Waals surface area contributed by atoms with Crippen molar-refractivity contribution < 1.29 is 9.50 Å². The van der Waals surface area contributed by atoms with Gasteiger partial charge in [0, 0.05) is 19.1 Å². The lowest BCUT2D eigenvalue weighted by atomic mass is 10.1. The van der Waals surface area contributed by atoms with Crippen LogP contribution >= 0.6 is 11.3 Å². The molecule has 2 heterocycles. The van der Waals surface area contributed by atoms with Gasteiger partial charge in [0.05, 0.1) is 10.4 Å². The molecule has 0 aliphatic carbocycles. The van der Waals surface area contributed by atoms with E-state index >= 15 is 0 Å². The molecule has 0 atom stereocenters. The molecular formula is C18H17FN3OS. The maximum absolute atomic E-state index is 13.7. The molecule has 4 rings (SSSR count). The Hall–Kier alpha value is -2.34. The van der Waals surface area contributed by atoms with Crippen LogP contribution in [0.1, 0.15) is 12.8 Å². The molecular weight excluding hydrogens is 325 g/mol. The van der Waals surface area contributed by atoms with Crippen LogP contribution in [0.15, 0.2) is 42.5 Å². The molecule has 3 aromatic rings. The molecule has 4 nitrogen and oxygen atoms in total. The third-order valence-electron chi connectivity index (χ3n) is 4.37. The predicted molar refractivity (Wildman–Crippen MR) is 95.0 cm³/mol. The van der Waals surface area contributed by atoms with E-state index in [1.165, 1.54) is 6.07 Å². The Bertz CT molecular complexity index is 858. The molecule has 24 heavy (non-hydrogen) atoms. The van der Waals surface area contributed by atoms with E-state index in [4.69, 9.17) is 0 Å². The fraction of sp³-hybridized carbons (Fsp3) is 0.278. The number of piperidine rings is 1. The van der Waals surface area contributed by atoms with Crippen molar-refractivity contribution >= 4 is 32.4 Å². The normalized spacial score (nSPS) is 15.8. The Morgan fingerprint density at radius 2 is 1.92 bits per heavy atom. The molecule has 1 N–H and O–H groups in total. The number of nitrogens with one attached hydrogen (secondary N) is 1. The van der Waals surface area contributed by atoms with Gasteiger partial charge >= 0.3 is 0 Å². The summed E-state index contributed by atoms with van der Waals surface area (Å²) in [4.78, 5) is 6.72. The topological polar surface area (TPSA) is 48.1 Å². The Morgan fingerprint density at radius 1 is 1.12 bits per heavy atom. The summed E-state index contributed by atoms with van der Waals surface area (Å²) < 4.78 is 14.7. The molecule has 1 aliphatic heterocycles. The van der Waals surface area contributed by atoms with Crippen LogP contribution in [-0.2, 0) is 5.11 Å². The van der Waals surface area contributed by atoms with Crippen LogP contribution in [0.4, 0.5) is 15.2 Å². The van der Waals surface area contributed by atoms with Crippen molar-refractivity contribution in [3.8, 4) is 5.75 Å². The zero-order valence-electron chi connectivity index (χ0n) is 13.0. The first-order valence-electron chi connectivity index (χ1n) is 8.03. The van der Waals surface area contributed by atoms with E-state index in [-0.39, 0.29) is 17.6 Å². The van der Waals surface area contributed by atoms with Gasteiger partial charge in [-0.3, -0.25) is 5.11 Å². The first kappa shape index (κ1) is 15.2. The summed E-state index contributed by atoms with van der Waals surface area (Å²) in [5.74, 6) is -0.236. The van der Waals surface area contributed by atoms with Crippen molar-refractivity contribution in [3.63, 3.8) is 0 Å². The Labute approximate surface area is 143 Å². The van der Waals surface area contributed by atoms with Gasteiger partial charge in [-0.1, -0.05) is 29.5 Å². The summed E-state index contributed by atoms with van der Waals surface area (Å²) in [5, 5.41) is 16.0. The molecule has 0 spiro atoms. The van der Waals surface area contributed by atoms with Gasteiger partial charge in [-0.25, -0.2) is 9.37 Å². The van der Waals surface area contributed by atoms with E-state index in [0.29, 0.717) is 11.2 Å². The SMILES string of the molecule is [O]c1cccc2sc(N3CCC(Nc4ccccc4F)CC3)nc12. The third kappa shape index (κ3) is 2.89. The summed E-state index contributed by atoms with van der Waals surface area (Å²) in [5.41, 5.74) is 1.12. The minimum Gasteiger partial charge on any atom is -0.380 e. The first-order valence-corrected chi connectivity index (χ1v) is 8.85. The molecule has 123 valence electrons. The number of thiazole rings is 1. The number of halogens is 1. The second-order valence-electron chi connectivity index (χ2n) is 5.98. The van der Waals surface area contributed by atoms with E-state index < -0.39 is 0 Å². The highest BCUT2D eigenvalue weighted by Gasteiger charge is 2.22. The second kappa shape index (κ2) is 6.28. The molecule has 0 amide bonds. The van der Waals surface area contributed by atoms with Crippen LogP contribution < -0.4 is 10.2 Å². The summed E-state index contributed by atoms with van der Waals surface area (Å²) in [6, 6.07) is 12.3. The van der Waals surface area contributed by atoms with Crippen molar-refractivity contribution in [1.29, 1.82) is 0 Å². The third-order valence-corrected chi connectivity index (χ3v) is 5.45. The lowest BCUT2D eigenvalue weighted by Gasteiger charge is -2.32. The van der Waals surface area contributed by atoms with E-state index in [1.54, 1.807) is 35.6 Å². The van der Waals surface area contributed by atoms with Crippen molar-refractivity contribution in [2.45, 2.75) is 18.9 Å². The largest absolute Gasteiger partial charge is 0.380 e. The fourth-order valence-electron chi connectivity index (χ4n) is 3.06. The molecule has 1 radical (unpaired) electrons. The van der Waals surface area contributed by atoms with Gasteiger partial charge in [-0.15, -0.1) is 0 Å². The number of benzene rings is 2. The van der Waals surface area contributed by atoms with Crippen LogP contribution in [0.3, 0.4) is 0 Å². The summed E-state index contributed by atoms with van der Waals surface area (Å²) >= 11 is 1.56. The van der Waals surface area contributed by atoms with Gasteiger partial charge in [0.2, 0.25) is 5.75 Å². The molecule has 6 heteroatoms. The summed E-state index contributed by atoms with van der Waals surface area (Å²) in [6.07, 6.45) is 1.82. The van der Waals surface area contributed by atoms with Crippen LogP contribution in [0.25, 0.3) is 10.2 Å². The summed E-state index contributed by atoms with van der Waals surface area (Å²) in [6.45, 7) is 1.69. The van der Waals surface area contributed by atoms with Crippen molar-refractivity contribution in [1.82, 2.24) is 4.98 Å². The molecule has 1 fully saturated rings. The quantitative estimate of drug-likeness (QED) is 0.753. The minimum atomic E-state index is -0.214. The molecule has 2 aromatic carbocycles. The maximum Gasteiger partial charge on any atom is 0.205 e. The maximum atomic E-state index is 13.7. The summed E-state index contributed by atoms with van der Waals surface area (Å²) in [7, 11) is 0. The van der Waals surface area contributed by atoms with Crippen LogP contribution in [0.5, 0.6) is 5.75 Å². The lowest BCUT2D eigenvalue weighted by molar-refractivity contribution is 0.359. The fourth-order valence-corrected chi connectivity index (χ4v) is 4.09. The highest BCUT2D eigenvalue weighted by atomic mass is 32.1. The first-order chi connectivity index (χ1) is 11.7. The van der Waals surface area contributed by atoms with E-state index in [9.17, 15) is 9.50 Å². The van der Waals surface area contributed by atoms with Gasteiger partial charge in [0.1, 0.15) is 11.3 Å². The number of nitrogens with zero attached hydrogens (tertiary/aromatic N) is 2. The Balaban J connectivity index is 1.44. The van der Waals surface area contributed by atoms with Gasteiger partial charge < -0.3 is 10.2 Å². The number of fused-ring (bicyclic) bond motifs is 1. The number of para-hydroxylation sites is 2. The average molecular weight is 342 g/mol. The second-order valence-corrected chi connectivity index (χ2v) is 6.99. The highest BCUT2D eigenvalue weighted by molar-refractivity contribution is 7.22. The molecule has 0 saturated carbocycles. The molecule has 1 aromatic heterocycles. The number of anilines is 2. The molecule has 1 aliphatic rings. The smallest absolute Gasteiger partial charge is 0.205 e.